The fourth-order valence-corrected chi connectivity index (χ4v) is 5.33. The number of hydrogen-bond acceptors (Lipinski definition) is 16. The molecule has 1 aliphatic carbocycles. The summed E-state index contributed by atoms with van der Waals surface area (Å²) in [6.07, 6.45) is 0. The van der Waals surface area contributed by atoms with Crippen molar-refractivity contribution in [2.75, 3.05) is 54.8 Å². The second-order valence-corrected chi connectivity index (χ2v) is 9.00. The molecule has 2 atom stereocenters. The molecule has 16 nitrogen and oxygen atoms in total. The quantitative estimate of drug-likeness (QED) is 0.272. The lowest BCUT2D eigenvalue weighted by Gasteiger charge is -2.48. The molecule has 0 aromatic heterocycles. The summed E-state index contributed by atoms with van der Waals surface area (Å²) in [5.74, 6) is -10.6. The van der Waals surface area contributed by atoms with E-state index in [1.54, 1.807) is 19.1 Å². The van der Waals surface area contributed by atoms with Crippen molar-refractivity contribution >= 4 is 53.2 Å². The Balaban J connectivity index is 2.96. The molecule has 2 unspecified atom stereocenters. The SMILES string of the molecule is COC(=O)C1=NN(c2ccc(C)cc2)C2(C(=O)OC)C(C(=O)OC)=C(C(=O)OC)C(C(=O)OC)=C(C(=O)OC)C12C(=O)OC. The van der Waals surface area contributed by atoms with Crippen LogP contribution in [0.2, 0.25) is 0 Å². The van der Waals surface area contributed by atoms with Crippen LogP contribution in [0.5, 0.6) is 0 Å². The van der Waals surface area contributed by atoms with E-state index in [2.05, 4.69) is 5.10 Å². The first-order valence-electron chi connectivity index (χ1n) is 12.4. The second kappa shape index (κ2) is 12.4. The predicted molar refractivity (Wildman–Crippen MR) is 144 cm³/mol. The van der Waals surface area contributed by atoms with Gasteiger partial charge in [0.15, 0.2) is 11.1 Å². The lowest BCUT2D eigenvalue weighted by Crippen LogP contribution is -2.72. The summed E-state index contributed by atoms with van der Waals surface area (Å²) in [6.45, 7) is 1.72. The van der Waals surface area contributed by atoms with E-state index in [1.807, 2.05) is 0 Å². The minimum absolute atomic E-state index is 0.0791. The maximum absolute atomic E-state index is 14.4. The van der Waals surface area contributed by atoms with Crippen LogP contribution in [-0.4, -0.2) is 103 Å². The number of methoxy groups -OCH3 is 7. The number of carbonyl (C=O) groups excluding carboxylic acids is 7. The number of ether oxygens (including phenoxy) is 7. The molecule has 234 valence electrons. The van der Waals surface area contributed by atoms with E-state index in [9.17, 15) is 33.6 Å². The standard InChI is InChI=1S/C28H28N2O14/c1-13-9-11-14(12-10-13)30-28(26(37)44-8)18(23(34)41-5)16(21(32)39-3)15(20(31)38-2)17(22(33)40-4)27(28,25(36)43-7)19(29-30)24(35)42-6/h9-12H,1-8H3. The molecule has 3 rings (SSSR count). The first-order chi connectivity index (χ1) is 20.9. The third-order valence-electron chi connectivity index (χ3n) is 7.09. The molecule has 0 spiro atoms. The number of fused-ring (bicyclic) bond motifs is 1. The van der Waals surface area contributed by atoms with E-state index in [1.165, 1.54) is 12.1 Å². The molecule has 0 amide bonds. The molecule has 0 saturated carbocycles. The Hall–Kier alpha value is -5.54. The molecule has 0 N–H and O–H groups in total. The number of nitrogens with zero attached hydrogens (tertiary/aromatic N) is 2. The first kappa shape index (κ1) is 33.0. The first-order valence-corrected chi connectivity index (χ1v) is 12.4. The third kappa shape index (κ3) is 4.28. The van der Waals surface area contributed by atoms with E-state index in [0.29, 0.717) is 10.6 Å². The third-order valence-corrected chi connectivity index (χ3v) is 7.09. The predicted octanol–water partition coefficient (Wildman–Crippen LogP) is -0.286. The summed E-state index contributed by atoms with van der Waals surface area (Å²) < 4.78 is 34.7. The van der Waals surface area contributed by atoms with Gasteiger partial charge in [-0.2, -0.15) is 5.10 Å². The molecule has 0 bridgehead atoms. The summed E-state index contributed by atoms with van der Waals surface area (Å²) >= 11 is 0. The highest BCUT2D eigenvalue weighted by Crippen LogP contribution is 2.60. The van der Waals surface area contributed by atoms with Crippen LogP contribution in [0.25, 0.3) is 0 Å². The Morgan fingerprint density at radius 3 is 1.43 bits per heavy atom. The van der Waals surface area contributed by atoms with Gasteiger partial charge in [-0.3, -0.25) is 4.79 Å². The number of aryl methyl sites for hydroxylation is 1. The minimum Gasteiger partial charge on any atom is -0.468 e. The van der Waals surface area contributed by atoms with Gasteiger partial charge in [0.2, 0.25) is 5.54 Å². The Morgan fingerprint density at radius 2 is 1.00 bits per heavy atom. The van der Waals surface area contributed by atoms with Crippen LogP contribution in [0.3, 0.4) is 0 Å². The zero-order valence-electron chi connectivity index (χ0n) is 24.9. The Morgan fingerprint density at radius 1 is 0.568 bits per heavy atom. The highest BCUT2D eigenvalue weighted by molar-refractivity contribution is 6.49. The van der Waals surface area contributed by atoms with Gasteiger partial charge in [-0.1, -0.05) is 17.7 Å². The van der Waals surface area contributed by atoms with Crippen molar-refractivity contribution in [2.24, 2.45) is 10.5 Å². The van der Waals surface area contributed by atoms with Crippen molar-refractivity contribution in [1.29, 1.82) is 0 Å². The molecule has 1 aliphatic heterocycles. The average Bonchev–Trinajstić information content (AvgIpc) is 3.37. The fourth-order valence-electron chi connectivity index (χ4n) is 5.33. The van der Waals surface area contributed by atoms with E-state index in [4.69, 9.17) is 33.2 Å². The van der Waals surface area contributed by atoms with Crippen LogP contribution >= 0.6 is 0 Å². The highest BCUT2D eigenvalue weighted by atomic mass is 16.6. The van der Waals surface area contributed by atoms with Gasteiger partial charge >= 0.3 is 41.8 Å². The Bertz CT molecular complexity index is 1550. The lowest BCUT2D eigenvalue weighted by atomic mass is 9.54. The zero-order chi connectivity index (χ0) is 33.1. The summed E-state index contributed by atoms with van der Waals surface area (Å²) in [5.41, 5.74) is -11.3. The van der Waals surface area contributed by atoms with Gasteiger partial charge in [-0.15, -0.1) is 0 Å². The number of hydrazone groups is 1. The van der Waals surface area contributed by atoms with Gasteiger partial charge < -0.3 is 33.2 Å². The van der Waals surface area contributed by atoms with E-state index in [-0.39, 0.29) is 5.69 Å². The molecule has 2 aliphatic rings. The van der Waals surface area contributed by atoms with Crippen molar-refractivity contribution < 1.29 is 66.7 Å². The van der Waals surface area contributed by atoms with Gasteiger partial charge in [0, 0.05) is 0 Å². The molecule has 0 fully saturated rings. The largest absolute Gasteiger partial charge is 0.468 e. The zero-order valence-corrected chi connectivity index (χ0v) is 24.9. The second-order valence-electron chi connectivity index (χ2n) is 9.00. The van der Waals surface area contributed by atoms with Crippen LogP contribution in [0.1, 0.15) is 5.56 Å². The van der Waals surface area contributed by atoms with Crippen LogP contribution in [-0.2, 0) is 66.7 Å². The number of esters is 7. The smallest absolute Gasteiger partial charge is 0.355 e. The van der Waals surface area contributed by atoms with Crippen molar-refractivity contribution in [3.8, 4) is 0 Å². The van der Waals surface area contributed by atoms with E-state index >= 15 is 0 Å². The van der Waals surface area contributed by atoms with Gasteiger partial charge in [-0.05, 0) is 19.1 Å². The molecule has 1 heterocycles. The maximum Gasteiger partial charge on any atom is 0.355 e. The average molecular weight is 617 g/mol. The normalized spacial score (nSPS) is 20.5. The number of rotatable bonds is 8. The van der Waals surface area contributed by atoms with E-state index < -0.39 is 80.7 Å². The van der Waals surface area contributed by atoms with Gasteiger partial charge in [0.05, 0.1) is 77.7 Å². The van der Waals surface area contributed by atoms with Gasteiger partial charge in [-0.25, -0.2) is 33.8 Å². The highest BCUT2D eigenvalue weighted by Gasteiger charge is 2.82. The molecule has 44 heavy (non-hydrogen) atoms. The summed E-state index contributed by atoms with van der Waals surface area (Å²) in [6, 6.07) is 5.87. The van der Waals surface area contributed by atoms with Crippen LogP contribution in [0.4, 0.5) is 5.69 Å². The molecule has 0 saturated heterocycles. The van der Waals surface area contributed by atoms with E-state index in [0.717, 1.165) is 49.8 Å². The molecule has 0 radical (unpaired) electrons. The molecule has 1 aromatic carbocycles. The van der Waals surface area contributed by atoms with Crippen LogP contribution < -0.4 is 5.01 Å². The monoisotopic (exact) mass is 616 g/mol. The van der Waals surface area contributed by atoms with Crippen molar-refractivity contribution in [3.63, 3.8) is 0 Å². The number of benzene rings is 1. The van der Waals surface area contributed by atoms with Crippen molar-refractivity contribution in [1.82, 2.24) is 0 Å². The van der Waals surface area contributed by atoms with Crippen molar-refractivity contribution in [2.45, 2.75) is 12.5 Å². The number of carbonyl (C=O) groups is 7. The summed E-state index contributed by atoms with van der Waals surface area (Å²) in [4.78, 5) is 97.0. The van der Waals surface area contributed by atoms with Crippen molar-refractivity contribution in [3.05, 3.63) is 52.1 Å². The minimum atomic E-state index is -3.26. The Kier molecular flexibility index (Phi) is 9.26. The number of hydrogen-bond donors (Lipinski definition) is 0. The molecule has 1 aromatic rings. The van der Waals surface area contributed by atoms with Crippen LogP contribution in [0.15, 0.2) is 51.7 Å². The number of anilines is 1. The Labute approximate surface area is 250 Å². The maximum atomic E-state index is 14.4. The topological polar surface area (TPSA) is 200 Å². The van der Waals surface area contributed by atoms with Gasteiger partial charge in [0.1, 0.15) is 0 Å². The lowest BCUT2D eigenvalue weighted by molar-refractivity contribution is -0.163. The van der Waals surface area contributed by atoms with Crippen LogP contribution in [0, 0.1) is 12.3 Å². The molecular formula is C28H28N2O14. The summed E-state index contributed by atoms with van der Waals surface area (Å²) in [5, 5.41) is 4.95. The fraction of sp³-hybridized carbons (Fsp3) is 0.357. The summed E-state index contributed by atoms with van der Waals surface area (Å²) in [7, 11) is 6.00. The molecular weight excluding hydrogens is 588 g/mol. The molecule has 16 heteroatoms. The van der Waals surface area contributed by atoms with Gasteiger partial charge in [0.25, 0.3) is 0 Å².